The average molecular weight is 377 g/mol. The first kappa shape index (κ1) is 18.3. The molecule has 0 fully saturated rings. The van der Waals surface area contributed by atoms with Gasteiger partial charge >= 0.3 is 0 Å². The third-order valence-corrected chi connectivity index (χ3v) is 5.27. The van der Waals surface area contributed by atoms with E-state index in [1.807, 2.05) is 25.1 Å². The molecule has 1 amide bonds. The zero-order valence-corrected chi connectivity index (χ0v) is 15.8. The van der Waals surface area contributed by atoms with E-state index in [2.05, 4.69) is 21.3 Å². The van der Waals surface area contributed by atoms with Gasteiger partial charge in [-0.15, -0.1) is 0 Å². The van der Waals surface area contributed by atoms with E-state index in [0.717, 1.165) is 53.8 Å². The molecule has 0 spiro atoms. The topological polar surface area (TPSA) is 72.4 Å². The number of carbonyl (C=O) groups is 2. The van der Waals surface area contributed by atoms with Crippen molar-refractivity contribution in [3.05, 3.63) is 59.3 Å². The molecule has 0 bridgehead atoms. The Balaban J connectivity index is 1.64. The molecule has 1 aliphatic heterocycles. The summed E-state index contributed by atoms with van der Waals surface area (Å²) in [4.78, 5) is 23.9. The fraction of sp³-hybridized carbons (Fsp3) is 0.273. The van der Waals surface area contributed by atoms with Crippen LogP contribution in [0, 0.1) is 6.92 Å². The maximum Gasteiger partial charge on any atom is 0.211 e. The van der Waals surface area contributed by atoms with Crippen LogP contribution in [0.15, 0.2) is 42.5 Å². The number of anilines is 1. The smallest absolute Gasteiger partial charge is 0.211 e. The molecule has 1 aliphatic rings. The van der Waals surface area contributed by atoms with Gasteiger partial charge in [-0.05, 0) is 25.1 Å². The van der Waals surface area contributed by atoms with Crippen LogP contribution in [0.25, 0.3) is 10.9 Å². The number of nitrogens with zero attached hydrogens (tertiary/aromatic N) is 1. The number of carbonyl (C=O) groups excluding carboxylic acids is 2. The van der Waals surface area contributed by atoms with Crippen LogP contribution in [-0.4, -0.2) is 36.5 Å². The fourth-order valence-corrected chi connectivity index (χ4v) is 3.91. The fourth-order valence-electron chi connectivity index (χ4n) is 3.91. The van der Waals surface area contributed by atoms with Crippen molar-refractivity contribution in [1.29, 1.82) is 0 Å². The molecule has 0 aliphatic carbocycles. The van der Waals surface area contributed by atoms with E-state index >= 15 is 0 Å². The first-order valence-corrected chi connectivity index (χ1v) is 9.47. The summed E-state index contributed by atoms with van der Waals surface area (Å²) in [7, 11) is 0. The van der Waals surface area contributed by atoms with Gasteiger partial charge in [0.2, 0.25) is 12.2 Å². The van der Waals surface area contributed by atoms with E-state index in [1.165, 1.54) is 0 Å². The SMILES string of the molecule is Cc1c(NC=O)cccc1OCC(=O)c1c2n(c3ccccc13)CCNCC2. The van der Waals surface area contributed by atoms with Gasteiger partial charge in [0, 0.05) is 53.9 Å². The van der Waals surface area contributed by atoms with Crippen LogP contribution in [-0.2, 0) is 17.8 Å². The molecule has 2 aromatic carbocycles. The normalized spacial score (nSPS) is 13.6. The van der Waals surface area contributed by atoms with Crippen molar-refractivity contribution >= 4 is 28.8 Å². The summed E-state index contributed by atoms with van der Waals surface area (Å²) in [6.45, 7) is 4.42. The second-order valence-corrected chi connectivity index (χ2v) is 6.89. The van der Waals surface area contributed by atoms with E-state index in [-0.39, 0.29) is 12.4 Å². The lowest BCUT2D eigenvalue weighted by Crippen LogP contribution is -2.18. The molecule has 144 valence electrons. The number of para-hydroxylation sites is 1. The van der Waals surface area contributed by atoms with Crippen molar-refractivity contribution < 1.29 is 14.3 Å². The van der Waals surface area contributed by atoms with Crippen LogP contribution in [0.3, 0.4) is 0 Å². The molecule has 0 unspecified atom stereocenters. The Morgan fingerprint density at radius 3 is 2.93 bits per heavy atom. The highest BCUT2D eigenvalue weighted by Gasteiger charge is 2.23. The third kappa shape index (κ3) is 3.27. The Hall–Kier alpha value is -3.12. The van der Waals surface area contributed by atoms with Crippen LogP contribution < -0.4 is 15.4 Å². The van der Waals surface area contributed by atoms with E-state index in [1.54, 1.807) is 18.2 Å². The second kappa shape index (κ2) is 7.86. The minimum absolute atomic E-state index is 0.0278. The Bertz CT molecular complexity index is 1040. The number of ether oxygens (including phenoxy) is 1. The molecule has 0 radical (unpaired) electrons. The molecule has 3 aromatic rings. The van der Waals surface area contributed by atoms with Crippen LogP contribution in [0.5, 0.6) is 5.75 Å². The largest absolute Gasteiger partial charge is 0.485 e. The van der Waals surface area contributed by atoms with Gasteiger partial charge in [-0.1, -0.05) is 24.3 Å². The number of rotatable bonds is 6. The van der Waals surface area contributed by atoms with Crippen LogP contribution in [0.2, 0.25) is 0 Å². The first-order valence-electron chi connectivity index (χ1n) is 9.47. The zero-order chi connectivity index (χ0) is 19.5. The number of hydrogen-bond acceptors (Lipinski definition) is 4. The number of fused-ring (bicyclic) bond motifs is 3. The number of benzene rings is 2. The second-order valence-electron chi connectivity index (χ2n) is 6.89. The lowest BCUT2D eigenvalue weighted by molar-refractivity contribution is -0.105. The molecular formula is C22H23N3O3. The number of hydrogen-bond donors (Lipinski definition) is 2. The van der Waals surface area contributed by atoms with Crippen LogP contribution in [0.4, 0.5) is 5.69 Å². The molecule has 4 rings (SSSR count). The molecule has 0 saturated carbocycles. The Morgan fingerprint density at radius 1 is 1.21 bits per heavy atom. The molecule has 28 heavy (non-hydrogen) atoms. The lowest BCUT2D eigenvalue weighted by atomic mass is 10.0. The van der Waals surface area contributed by atoms with E-state index in [4.69, 9.17) is 4.74 Å². The zero-order valence-electron chi connectivity index (χ0n) is 15.8. The summed E-state index contributed by atoms with van der Waals surface area (Å²) in [6, 6.07) is 13.5. The molecule has 6 nitrogen and oxygen atoms in total. The summed E-state index contributed by atoms with van der Waals surface area (Å²) in [6.07, 6.45) is 1.45. The quantitative estimate of drug-likeness (QED) is 0.512. The van der Waals surface area contributed by atoms with Crippen molar-refractivity contribution in [2.45, 2.75) is 19.9 Å². The summed E-state index contributed by atoms with van der Waals surface area (Å²) in [5, 5.41) is 7.03. The lowest BCUT2D eigenvalue weighted by Gasteiger charge is -2.12. The van der Waals surface area contributed by atoms with Crippen molar-refractivity contribution in [3.8, 4) is 5.75 Å². The molecule has 2 heterocycles. The number of amides is 1. The minimum atomic E-state index is -0.0418. The van der Waals surface area contributed by atoms with Crippen molar-refractivity contribution in [2.24, 2.45) is 0 Å². The molecule has 0 saturated heterocycles. The van der Waals surface area contributed by atoms with Gasteiger partial charge in [0.1, 0.15) is 5.75 Å². The number of aromatic nitrogens is 1. The highest BCUT2D eigenvalue weighted by Crippen LogP contribution is 2.29. The monoisotopic (exact) mass is 377 g/mol. The number of Topliss-reactive ketones (excluding diaryl/α,β-unsaturated/α-hetero) is 1. The predicted octanol–water partition coefficient (Wildman–Crippen LogP) is 2.93. The number of ketones is 1. The van der Waals surface area contributed by atoms with Gasteiger partial charge < -0.3 is 19.9 Å². The van der Waals surface area contributed by atoms with Gasteiger partial charge in [-0.3, -0.25) is 9.59 Å². The molecule has 1 aromatic heterocycles. The minimum Gasteiger partial charge on any atom is -0.485 e. The van der Waals surface area contributed by atoms with Gasteiger partial charge in [0.05, 0.1) is 5.56 Å². The standard InChI is InChI=1S/C22H23N3O3/c1-15-17(24-14-26)6-4-8-21(15)28-13-20(27)22-16-5-2-3-7-18(16)25-12-11-23-10-9-19(22)25/h2-8,14,23H,9-13H2,1H3,(H,24,26). The van der Waals surface area contributed by atoms with E-state index in [0.29, 0.717) is 17.8 Å². The van der Waals surface area contributed by atoms with E-state index < -0.39 is 0 Å². The predicted molar refractivity (Wildman–Crippen MR) is 109 cm³/mol. The van der Waals surface area contributed by atoms with Crippen molar-refractivity contribution in [2.75, 3.05) is 25.0 Å². The highest BCUT2D eigenvalue weighted by molar-refractivity contribution is 6.10. The van der Waals surface area contributed by atoms with Crippen LogP contribution >= 0.6 is 0 Å². The molecular weight excluding hydrogens is 354 g/mol. The Kier molecular flexibility index (Phi) is 5.12. The molecule has 2 N–H and O–H groups in total. The Labute approximate surface area is 163 Å². The maximum absolute atomic E-state index is 13.2. The van der Waals surface area contributed by atoms with E-state index in [9.17, 15) is 9.59 Å². The van der Waals surface area contributed by atoms with Gasteiger partial charge in [0.15, 0.2) is 6.61 Å². The van der Waals surface area contributed by atoms with Crippen molar-refractivity contribution in [3.63, 3.8) is 0 Å². The number of nitrogens with one attached hydrogen (secondary N) is 2. The highest BCUT2D eigenvalue weighted by atomic mass is 16.5. The third-order valence-electron chi connectivity index (χ3n) is 5.27. The summed E-state index contributed by atoms with van der Waals surface area (Å²) in [5.41, 5.74) is 4.41. The van der Waals surface area contributed by atoms with Crippen molar-refractivity contribution in [1.82, 2.24) is 9.88 Å². The summed E-state index contributed by atoms with van der Waals surface area (Å²) < 4.78 is 8.10. The summed E-state index contributed by atoms with van der Waals surface area (Å²) in [5.74, 6) is 0.566. The first-order chi connectivity index (χ1) is 13.7. The van der Waals surface area contributed by atoms with Gasteiger partial charge in [-0.2, -0.15) is 0 Å². The van der Waals surface area contributed by atoms with Gasteiger partial charge in [-0.25, -0.2) is 0 Å². The summed E-state index contributed by atoms with van der Waals surface area (Å²) >= 11 is 0. The van der Waals surface area contributed by atoms with Gasteiger partial charge in [0.25, 0.3) is 0 Å². The molecule has 0 atom stereocenters. The Morgan fingerprint density at radius 2 is 2.07 bits per heavy atom. The average Bonchev–Trinajstić information content (AvgIpc) is 2.85. The van der Waals surface area contributed by atoms with Crippen LogP contribution in [0.1, 0.15) is 21.6 Å². The molecule has 6 heteroatoms. The maximum atomic E-state index is 13.2.